The van der Waals surface area contributed by atoms with Gasteiger partial charge in [-0.1, -0.05) is 0 Å². The van der Waals surface area contributed by atoms with E-state index in [2.05, 4.69) is 19.9 Å². The number of benzene rings is 1. The van der Waals surface area contributed by atoms with Crippen LogP contribution in [0.2, 0.25) is 0 Å². The summed E-state index contributed by atoms with van der Waals surface area (Å²) in [5.74, 6) is 0.228. The molecule has 0 aliphatic carbocycles. The van der Waals surface area contributed by atoms with Crippen molar-refractivity contribution in [1.29, 1.82) is 0 Å². The summed E-state index contributed by atoms with van der Waals surface area (Å²) in [5, 5.41) is 0. The van der Waals surface area contributed by atoms with Gasteiger partial charge in [-0.25, -0.2) is 14.4 Å². The second-order valence-electron chi connectivity index (χ2n) is 7.16. The number of H-pyrrole nitrogens is 1. The minimum Gasteiger partial charge on any atom is -0.462 e. The number of likely N-dealkylation sites (N-methyl/N-ethyl adjacent to an activating group) is 1. The molecule has 1 saturated heterocycles. The highest BCUT2D eigenvalue weighted by molar-refractivity contribution is 5.76. The molecule has 30 heavy (non-hydrogen) atoms. The van der Waals surface area contributed by atoms with Gasteiger partial charge in [0.05, 0.1) is 30.3 Å². The third-order valence-corrected chi connectivity index (χ3v) is 4.55. The van der Waals surface area contributed by atoms with Gasteiger partial charge in [0.15, 0.2) is 5.82 Å². The number of halogens is 1. The molecule has 0 bridgehead atoms. The minimum absolute atomic E-state index is 0.278. The van der Waals surface area contributed by atoms with E-state index in [4.69, 9.17) is 14.2 Å². The van der Waals surface area contributed by atoms with Crippen LogP contribution in [0, 0.1) is 5.82 Å². The third-order valence-electron chi connectivity index (χ3n) is 4.55. The average Bonchev–Trinajstić information content (AvgIpc) is 3.20. The van der Waals surface area contributed by atoms with Gasteiger partial charge in [0.1, 0.15) is 12.4 Å². The number of rotatable bonds is 7. The number of ether oxygens (including phenoxy) is 3. The molecule has 1 N–H and O–H groups in total. The highest BCUT2D eigenvalue weighted by Gasteiger charge is 2.24. The van der Waals surface area contributed by atoms with Gasteiger partial charge in [-0.3, -0.25) is 0 Å². The molecule has 158 valence electrons. The molecular weight excluding hydrogens is 389 g/mol. The van der Waals surface area contributed by atoms with Crippen molar-refractivity contribution in [3.05, 3.63) is 48.2 Å². The van der Waals surface area contributed by atoms with Gasteiger partial charge < -0.3 is 24.1 Å². The summed E-state index contributed by atoms with van der Waals surface area (Å²) in [6.07, 6.45) is 1.90. The molecule has 4 rings (SSSR count). The lowest BCUT2D eigenvalue weighted by molar-refractivity contribution is -0.186. The first-order valence-electron chi connectivity index (χ1n) is 9.80. The van der Waals surface area contributed by atoms with Crippen LogP contribution in [0.1, 0.15) is 18.5 Å². The van der Waals surface area contributed by atoms with Crippen LogP contribution in [0.3, 0.4) is 0 Å². The molecule has 1 aliphatic rings. The third kappa shape index (κ3) is 4.81. The molecule has 0 unspecified atom stereocenters. The van der Waals surface area contributed by atoms with Crippen LogP contribution in [0.15, 0.2) is 36.5 Å². The normalized spacial score (nSPS) is 14.9. The zero-order valence-electron chi connectivity index (χ0n) is 17.0. The highest BCUT2D eigenvalue weighted by Crippen LogP contribution is 2.33. The van der Waals surface area contributed by atoms with Crippen molar-refractivity contribution in [2.24, 2.45) is 0 Å². The van der Waals surface area contributed by atoms with Gasteiger partial charge >= 0.3 is 6.01 Å². The molecule has 2 aromatic heterocycles. The number of aromatic amines is 1. The Bertz CT molecular complexity index is 971. The summed E-state index contributed by atoms with van der Waals surface area (Å²) in [4.78, 5) is 18.7. The lowest BCUT2D eigenvalue weighted by Crippen LogP contribution is -2.20. The first-order valence-corrected chi connectivity index (χ1v) is 9.80. The van der Waals surface area contributed by atoms with Crippen LogP contribution in [0.25, 0.3) is 22.6 Å². The van der Waals surface area contributed by atoms with E-state index in [-0.39, 0.29) is 11.8 Å². The van der Waals surface area contributed by atoms with Gasteiger partial charge in [0.2, 0.25) is 6.29 Å². The van der Waals surface area contributed by atoms with Crippen LogP contribution in [0.5, 0.6) is 6.01 Å². The Hall–Kier alpha value is -2.88. The van der Waals surface area contributed by atoms with Crippen molar-refractivity contribution >= 4 is 0 Å². The van der Waals surface area contributed by atoms with Gasteiger partial charge in [0, 0.05) is 18.3 Å². The number of aromatic nitrogens is 4. The summed E-state index contributed by atoms with van der Waals surface area (Å²) < 4.78 is 30.5. The van der Waals surface area contributed by atoms with Crippen molar-refractivity contribution < 1.29 is 18.6 Å². The smallest absolute Gasteiger partial charge is 0.316 e. The van der Waals surface area contributed by atoms with E-state index in [0.717, 1.165) is 18.5 Å². The van der Waals surface area contributed by atoms with Crippen molar-refractivity contribution in [3.8, 4) is 28.7 Å². The van der Waals surface area contributed by atoms with Crippen molar-refractivity contribution in [1.82, 2.24) is 24.8 Å². The number of nitrogens with one attached hydrogen (secondary N) is 1. The maximum Gasteiger partial charge on any atom is 0.316 e. The van der Waals surface area contributed by atoms with E-state index in [1.54, 1.807) is 24.4 Å². The molecule has 0 radical (unpaired) electrons. The lowest BCUT2D eigenvalue weighted by Gasteiger charge is -2.21. The molecule has 1 aromatic carbocycles. The van der Waals surface area contributed by atoms with Gasteiger partial charge in [-0.2, -0.15) is 4.98 Å². The van der Waals surface area contributed by atoms with Gasteiger partial charge in [-0.05, 0) is 50.8 Å². The Morgan fingerprint density at radius 2 is 1.90 bits per heavy atom. The maximum absolute atomic E-state index is 13.4. The molecule has 9 heteroatoms. The van der Waals surface area contributed by atoms with Crippen molar-refractivity contribution in [3.63, 3.8) is 0 Å². The summed E-state index contributed by atoms with van der Waals surface area (Å²) in [6, 6.07) is 8.20. The molecule has 1 fully saturated rings. The van der Waals surface area contributed by atoms with Crippen LogP contribution in [-0.4, -0.2) is 65.3 Å². The van der Waals surface area contributed by atoms with E-state index in [9.17, 15) is 4.39 Å². The van der Waals surface area contributed by atoms with Crippen LogP contribution >= 0.6 is 0 Å². The molecule has 0 spiro atoms. The van der Waals surface area contributed by atoms with E-state index in [1.807, 2.05) is 19.0 Å². The zero-order valence-corrected chi connectivity index (χ0v) is 17.0. The number of imidazole rings is 1. The highest BCUT2D eigenvalue weighted by atomic mass is 19.1. The van der Waals surface area contributed by atoms with E-state index in [1.165, 1.54) is 12.1 Å². The number of hydrogen-bond acceptors (Lipinski definition) is 7. The van der Waals surface area contributed by atoms with Crippen LogP contribution in [0.4, 0.5) is 4.39 Å². The Morgan fingerprint density at radius 3 is 2.63 bits per heavy atom. The van der Waals surface area contributed by atoms with Crippen LogP contribution in [-0.2, 0) is 9.47 Å². The van der Waals surface area contributed by atoms with E-state index in [0.29, 0.717) is 42.7 Å². The van der Waals surface area contributed by atoms with E-state index < -0.39 is 6.29 Å². The van der Waals surface area contributed by atoms with Crippen LogP contribution < -0.4 is 4.74 Å². The fourth-order valence-electron chi connectivity index (χ4n) is 3.02. The second kappa shape index (κ2) is 9.29. The van der Waals surface area contributed by atoms with Crippen molar-refractivity contribution in [2.75, 3.05) is 40.5 Å². The molecule has 0 saturated carbocycles. The standard InChI is InChI=1S/C21H24FN5O3/c1-27(2)10-13-30-21-23-9-8-16(24-21)18-17(14-4-6-15(22)7-5-14)25-19(26-18)20-28-11-3-12-29-20/h4-9,20H,3,10-13H2,1-2H3,(H,25,26). The molecule has 3 heterocycles. The lowest BCUT2D eigenvalue weighted by atomic mass is 10.1. The second-order valence-corrected chi connectivity index (χ2v) is 7.16. The summed E-state index contributed by atoms with van der Waals surface area (Å²) >= 11 is 0. The van der Waals surface area contributed by atoms with Gasteiger partial charge in [-0.15, -0.1) is 0 Å². The predicted molar refractivity (Wildman–Crippen MR) is 108 cm³/mol. The summed E-state index contributed by atoms with van der Waals surface area (Å²) in [5.41, 5.74) is 2.65. The maximum atomic E-state index is 13.4. The fourth-order valence-corrected chi connectivity index (χ4v) is 3.02. The number of nitrogens with zero attached hydrogens (tertiary/aromatic N) is 4. The Morgan fingerprint density at radius 1 is 1.13 bits per heavy atom. The monoisotopic (exact) mass is 413 g/mol. The van der Waals surface area contributed by atoms with E-state index >= 15 is 0 Å². The number of hydrogen-bond donors (Lipinski definition) is 1. The van der Waals surface area contributed by atoms with Gasteiger partial charge in [0.25, 0.3) is 0 Å². The fraction of sp³-hybridized carbons (Fsp3) is 0.381. The average molecular weight is 413 g/mol. The summed E-state index contributed by atoms with van der Waals surface area (Å²) in [7, 11) is 3.94. The molecule has 0 amide bonds. The molecule has 3 aromatic rings. The summed E-state index contributed by atoms with van der Waals surface area (Å²) in [6.45, 7) is 2.42. The largest absolute Gasteiger partial charge is 0.462 e. The molecule has 0 atom stereocenters. The topological polar surface area (TPSA) is 85.4 Å². The molecule has 8 nitrogen and oxygen atoms in total. The first-order chi connectivity index (χ1) is 14.6. The van der Waals surface area contributed by atoms with Crippen molar-refractivity contribution in [2.45, 2.75) is 12.7 Å². The Balaban J connectivity index is 1.68. The molecular formula is C21H24FN5O3. The quantitative estimate of drug-likeness (QED) is 0.637. The predicted octanol–water partition coefficient (Wildman–Crippen LogP) is 3.05. The Kier molecular flexibility index (Phi) is 6.32. The minimum atomic E-state index is -0.579. The molecule has 1 aliphatic heterocycles. The zero-order chi connectivity index (χ0) is 20.9. The Labute approximate surface area is 174 Å². The SMILES string of the molecule is CN(C)CCOc1nccc(-c2[nH]c(C3OCCCO3)nc2-c2ccc(F)cc2)n1. The first kappa shape index (κ1) is 20.4.